The van der Waals surface area contributed by atoms with Gasteiger partial charge >= 0.3 is 0 Å². The van der Waals surface area contributed by atoms with Gasteiger partial charge in [0, 0.05) is 28.2 Å². The largest absolute Gasteiger partial charge is 0.278 e. The van der Waals surface area contributed by atoms with E-state index in [1.165, 1.54) is 17.6 Å². The van der Waals surface area contributed by atoms with Crippen LogP contribution in [0.3, 0.4) is 0 Å². The highest BCUT2D eigenvalue weighted by Crippen LogP contribution is 2.24. The fourth-order valence-electron chi connectivity index (χ4n) is 2.77. The number of anilines is 2. The van der Waals surface area contributed by atoms with Crippen molar-refractivity contribution in [2.45, 2.75) is 6.92 Å². The third-order valence-electron chi connectivity index (χ3n) is 4.68. The minimum Gasteiger partial charge on any atom is -0.278 e. The first kappa shape index (κ1) is 22.2. The molecule has 156 valence electrons. The molecule has 30 heavy (non-hydrogen) atoms. The third-order valence-corrected chi connectivity index (χ3v) is 6.54. The molecule has 3 aromatic carbocycles. The van der Waals surface area contributed by atoms with Crippen molar-refractivity contribution in [3.63, 3.8) is 0 Å². The van der Waals surface area contributed by atoms with Crippen LogP contribution in [0.5, 0.6) is 0 Å². The molecule has 3 aromatic rings. The normalized spacial score (nSPS) is 12.0. The van der Waals surface area contributed by atoms with Gasteiger partial charge in [0.25, 0.3) is 0 Å². The number of benzene rings is 3. The van der Waals surface area contributed by atoms with E-state index in [0.717, 1.165) is 22.4 Å². The summed E-state index contributed by atoms with van der Waals surface area (Å²) in [5.41, 5.74) is 7.69. The Balaban J connectivity index is 2.01. The fourth-order valence-corrected chi connectivity index (χ4v) is 3.57. The van der Waals surface area contributed by atoms with Crippen molar-refractivity contribution >= 4 is 50.3 Å². The number of nitrogens with zero attached hydrogens (tertiary/aromatic N) is 2. The molecule has 0 atom stereocenters. The number of rotatable bonds is 6. The van der Waals surface area contributed by atoms with E-state index in [2.05, 4.69) is 10.5 Å². The van der Waals surface area contributed by atoms with Gasteiger partial charge < -0.3 is 0 Å². The Morgan fingerprint density at radius 2 is 1.50 bits per heavy atom. The molecule has 0 fully saturated rings. The second-order valence-corrected chi connectivity index (χ2v) is 9.63. The maximum Gasteiger partial charge on any atom is 0.231 e. The molecule has 3 rings (SSSR count). The minimum atomic E-state index is -3.34. The predicted octanol–water partition coefficient (Wildman–Crippen LogP) is 5.56. The summed E-state index contributed by atoms with van der Waals surface area (Å²) in [4.78, 5) is 0. The van der Waals surface area contributed by atoms with Crippen LogP contribution in [0.25, 0.3) is 0 Å². The molecule has 0 amide bonds. The molecule has 0 aliphatic heterocycles. The SMILES string of the molecule is Cc1c(Cl)cccc1N/N=C(\c1ccc(Cl)cc1)c1ccc(N(C)S(C)(=O)=O)cc1. The molecule has 0 saturated heterocycles. The monoisotopic (exact) mass is 461 g/mol. The Labute approximate surface area is 187 Å². The van der Waals surface area contributed by atoms with Gasteiger partial charge in [-0.15, -0.1) is 0 Å². The summed E-state index contributed by atoms with van der Waals surface area (Å²) in [5, 5.41) is 5.90. The van der Waals surface area contributed by atoms with Crippen molar-refractivity contribution < 1.29 is 8.42 Å². The van der Waals surface area contributed by atoms with E-state index >= 15 is 0 Å². The lowest BCUT2D eigenvalue weighted by Crippen LogP contribution is -2.24. The average molecular weight is 462 g/mol. The van der Waals surface area contributed by atoms with Crippen molar-refractivity contribution in [1.82, 2.24) is 0 Å². The number of hydrogen-bond acceptors (Lipinski definition) is 4. The Morgan fingerprint density at radius 3 is 2.07 bits per heavy atom. The average Bonchev–Trinajstić information content (AvgIpc) is 2.71. The second kappa shape index (κ2) is 9.08. The summed E-state index contributed by atoms with van der Waals surface area (Å²) in [6.45, 7) is 1.91. The molecule has 0 heterocycles. The molecule has 0 aliphatic carbocycles. The van der Waals surface area contributed by atoms with Crippen LogP contribution in [-0.4, -0.2) is 27.4 Å². The van der Waals surface area contributed by atoms with E-state index in [1.54, 1.807) is 24.3 Å². The number of halogens is 2. The van der Waals surface area contributed by atoms with Crippen molar-refractivity contribution in [3.05, 3.63) is 93.5 Å². The molecule has 5 nitrogen and oxygen atoms in total. The molecular weight excluding hydrogens is 441 g/mol. The van der Waals surface area contributed by atoms with E-state index in [0.29, 0.717) is 21.4 Å². The van der Waals surface area contributed by atoms with Crippen LogP contribution < -0.4 is 9.73 Å². The summed E-state index contributed by atoms with van der Waals surface area (Å²) < 4.78 is 24.8. The van der Waals surface area contributed by atoms with E-state index in [4.69, 9.17) is 23.2 Å². The zero-order valence-electron chi connectivity index (χ0n) is 16.7. The molecular formula is C22H21Cl2N3O2S. The van der Waals surface area contributed by atoms with Crippen LogP contribution >= 0.6 is 23.2 Å². The second-order valence-electron chi connectivity index (χ2n) is 6.77. The quantitative estimate of drug-likeness (QED) is 0.385. The van der Waals surface area contributed by atoms with Crippen LogP contribution in [0.15, 0.2) is 71.8 Å². The fraction of sp³-hybridized carbons (Fsp3) is 0.136. The Bertz CT molecular complexity index is 1180. The maximum atomic E-state index is 11.8. The predicted molar refractivity (Wildman–Crippen MR) is 127 cm³/mol. The summed E-state index contributed by atoms with van der Waals surface area (Å²) in [7, 11) is -1.82. The van der Waals surface area contributed by atoms with Crippen molar-refractivity contribution in [1.29, 1.82) is 0 Å². The summed E-state index contributed by atoms with van der Waals surface area (Å²) in [6, 6.07) is 20.1. The summed E-state index contributed by atoms with van der Waals surface area (Å²) >= 11 is 12.2. The van der Waals surface area contributed by atoms with Crippen LogP contribution in [0, 0.1) is 6.92 Å². The number of hydrogen-bond donors (Lipinski definition) is 1. The maximum absolute atomic E-state index is 11.8. The Kier molecular flexibility index (Phi) is 6.71. The van der Waals surface area contributed by atoms with E-state index in [1.807, 2.05) is 49.4 Å². The summed E-state index contributed by atoms with van der Waals surface area (Å²) in [5.74, 6) is 0. The lowest BCUT2D eigenvalue weighted by Gasteiger charge is -2.17. The molecule has 8 heteroatoms. The van der Waals surface area contributed by atoms with Crippen molar-refractivity contribution in [3.8, 4) is 0 Å². The first-order valence-electron chi connectivity index (χ1n) is 9.06. The first-order valence-corrected chi connectivity index (χ1v) is 11.7. The number of sulfonamides is 1. The van der Waals surface area contributed by atoms with Crippen LogP contribution in [0.4, 0.5) is 11.4 Å². The van der Waals surface area contributed by atoms with Gasteiger partial charge in [0.15, 0.2) is 0 Å². The highest BCUT2D eigenvalue weighted by Gasteiger charge is 2.14. The molecule has 0 aromatic heterocycles. The zero-order chi connectivity index (χ0) is 21.9. The minimum absolute atomic E-state index is 0.565. The van der Waals surface area contributed by atoms with Crippen LogP contribution in [-0.2, 0) is 10.0 Å². The Hall–Kier alpha value is -2.54. The standard InChI is InChI=1S/C22H21Cl2N3O2S/c1-15-20(24)5-4-6-21(15)25-26-22(16-7-11-18(23)12-8-16)17-9-13-19(14-10-17)27(2)30(3,28)29/h4-14,25H,1-3H3/b26-22+. The van der Waals surface area contributed by atoms with Crippen LogP contribution in [0.1, 0.15) is 16.7 Å². The molecule has 0 bridgehead atoms. The third kappa shape index (κ3) is 5.14. The lowest BCUT2D eigenvalue weighted by atomic mass is 10.0. The van der Waals surface area contributed by atoms with Gasteiger partial charge in [-0.2, -0.15) is 5.10 Å². The van der Waals surface area contributed by atoms with E-state index in [-0.39, 0.29) is 0 Å². The number of nitrogens with one attached hydrogen (secondary N) is 1. The first-order chi connectivity index (χ1) is 14.2. The van der Waals surface area contributed by atoms with E-state index in [9.17, 15) is 8.42 Å². The molecule has 0 spiro atoms. The van der Waals surface area contributed by atoms with Gasteiger partial charge in [-0.05, 0) is 48.9 Å². The zero-order valence-corrected chi connectivity index (χ0v) is 19.1. The van der Waals surface area contributed by atoms with E-state index < -0.39 is 10.0 Å². The van der Waals surface area contributed by atoms with Gasteiger partial charge in [0.2, 0.25) is 10.0 Å². The summed E-state index contributed by atoms with van der Waals surface area (Å²) in [6.07, 6.45) is 1.17. The van der Waals surface area contributed by atoms with Gasteiger partial charge in [0.1, 0.15) is 0 Å². The van der Waals surface area contributed by atoms with Gasteiger partial charge in [-0.3, -0.25) is 9.73 Å². The van der Waals surface area contributed by atoms with Crippen LogP contribution in [0.2, 0.25) is 10.0 Å². The van der Waals surface area contributed by atoms with Crippen molar-refractivity contribution in [2.75, 3.05) is 23.0 Å². The topological polar surface area (TPSA) is 61.8 Å². The molecule has 1 N–H and O–H groups in total. The molecule has 0 aliphatic rings. The van der Waals surface area contributed by atoms with Gasteiger partial charge in [0.05, 0.1) is 23.3 Å². The lowest BCUT2D eigenvalue weighted by molar-refractivity contribution is 0.600. The smallest absolute Gasteiger partial charge is 0.231 e. The molecule has 0 saturated carbocycles. The highest BCUT2D eigenvalue weighted by atomic mass is 35.5. The van der Waals surface area contributed by atoms with Crippen molar-refractivity contribution in [2.24, 2.45) is 5.10 Å². The number of hydrazone groups is 1. The molecule has 0 unspecified atom stereocenters. The van der Waals surface area contributed by atoms with Gasteiger partial charge in [-0.1, -0.05) is 53.5 Å². The highest BCUT2D eigenvalue weighted by molar-refractivity contribution is 7.92. The molecule has 0 radical (unpaired) electrons. The van der Waals surface area contributed by atoms with Gasteiger partial charge in [-0.25, -0.2) is 8.42 Å². The Morgan fingerprint density at radius 1 is 0.933 bits per heavy atom.